The number of nitrogens with two attached hydrogens (primary N) is 1. The molecule has 94 valence electrons. The molecular formula is C13H21N3O. The molecule has 0 atom stereocenters. The maximum atomic E-state index is 5.98. The van der Waals surface area contributed by atoms with Crippen molar-refractivity contribution >= 4 is 0 Å². The molecule has 2 rings (SSSR count). The van der Waals surface area contributed by atoms with E-state index in [4.69, 9.17) is 10.5 Å². The van der Waals surface area contributed by atoms with Crippen molar-refractivity contribution in [3.8, 4) is 0 Å². The fourth-order valence-electron chi connectivity index (χ4n) is 2.40. The molecule has 1 aromatic rings. The highest BCUT2D eigenvalue weighted by Crippen LogP contribution is 2.26. The molecule has 0 saturated carbocycles. The summed E-state index contributed by atoms with van der Waals surface area (Å²) in [5.74, 6) is 0. The molecule has 0 radical (unpaired) electrons. The van der Waals surface area contributed by atoms with E-state index in [9.17, 15) is 0 Å². The molecule has 1 saturated heterocycles. The molecule has 4 heteroatoms. The van der Waals surface area contributed by atoms with Crippen LogP contribution < -0.4 is 5.73 Å². The van der Waals surface area contributed by atoms with E-state index in [2.05, 4.69) is 23.0 Å². The Kier molecular flexibility index (Phi) is 4.10. The van der Waals surface area contributed by atoms with Gasteiger partial charge in [-0.3, -0.25) is 9.88 Å². The Morgan fingerprint density at radius 3 is 2.76 bits per heavy atom. The van der Waals surface area contributed by atoms with Gasteiger partial charge in [-0.25, -0.2) is 0 Å². The molecular weight excluding hydrogens is 214 g/mol. The number of ether oxygens (including phenoxy) is 1. The van der Waals surface area contributed by atoms with Gasteiger partial charge < -0.3 is 10.5 Å². The lowest BCUT2D eigenvalue weighted by atomic mass is 9.88. The van der Waals surface area contributed by atoms with Crippen molar-refractivity contribution in [3.05, 3.63) is 30.1 Å². The summed E-state index contributed by atoms with van der Waals surface area (Å²) in [6.07, 6.45) is 3.85. The smallest absolute Gasteiger partial charge is 0.0544 e. The lowest BCUT2D eigenvalue weighted by molar-refractivity contribution is -0.0167. The lowest BCUT2D eigenvalue weighted by Crippen LogP contribution is -2.54. The molecule has 0 bridgehead atoms. The Bertz CT molecular complexity index is 336. The van der Waals surface area contributed by atoms with E-state index in [1.807, 2.05) is 18.3 Å². The third-order valence-electron chi connectivity index (χ3n) is 3.74. The largest absolute Gasteiger partial charge is 0.381 e. The van der Waals surface area contributed by atoms with E-state index in [-0.39, 0.29) is 5.54 Å². The zero-order valence-corrected chi connectivity index (χ0v) is 10.4. The molecule has 1 aromatic heterocycles. The van der Waals surface area contributed by atoms with Crippen molar-refractivity contribution in [1.29, 1.82) is 0 Å². The Balaban J connectivity index is 2.04. The summed E-state index contributed by atoms with van der Waals surface area (Å²) in [6, 6.07) is 6.02. The first kappa shape index (κ1) is 12.5. The average Bonchev–Trinajstić information content (AvgIpc) is 2.40. The van der Waals surface area contributed by atoms with Crippen molar-refractivity contribution in [2.24, 2.45) is 5.73 Å². The summed E-state index contributed by atoms with van der Waals surface area (Å²) in [5, 5.41) is 0. The summed E-state index contributed by atoms with van der Waals surface area (Å²) >= 11 is 0. The highest BCUT2D eigenvalue weighted by atomic mass is 16.5. The van der Waals surface area contributed by atoms with Crippen LogP contribution in [-0.4, -0.2) is 42.2 Å². The summed E-state index contributed by atoms with van der Waals surface area (Å²) in [7, 11) is 2.13. The van der Waals surface area contributed by atoms with Crippen molar-refractivity contribution in [2.75, 3.05) is 26.8 Å². The van der Waals surface area contributed by atoms with Crippen molar-refractivity contribution in [3.63, 3.8) is 0 Å². The Morgan fingerprint density at radius 2 is 2.18 bits per heavy atom. The Morgan fingerprint density at radius 1 is 1.41 bits per heavy atom. The van der Waals surface area contributed by atoms with Crippen LogP contribution in [0.1, 0.15) is 18.5 Å². The van der Waals surface area contributed by atoms with Crippen molar-refractivity contribution < 1.29 is 4.74 Å². The molecule has 1 aliphatic rings. The summed E-state index contributed by atoms with van der Waals surface area (Å²) < 4.78 is 5.43. The second kappa shape index (κ2) is 5.58. The summed E-state index contributed by atoms with van der Waals surface area (Å²) in [6.45, 7) is 3.14. The van der Waals surface area contributed by atoms with E-state index in [0.29, 0.717) is 6.54 Å². The van der Waals surface area contributed by atoms with Gasteiger partial charge in [0.15, 0.2) is 0 Å². The number of hydrogen-bond acceptors (Lipinski definition) is 4. The van der Waals surface area contributed by atoms with Gasteiger partial charge in [-0.15, -0.1) is 0 Å². The number of pyridine rings is 1. The van der Waals surface area contributed by atoms with Gasteiger partial charge in [0.25, 0.3) is 0 Å². The van der Waals surface area contributed by atoms with E-state index >= 15 is 0 Å². The molecule has 0 unspecified atom stereocenters. The predicted molar refractivity (Wildman–Crippen MR) is 67.5 cm³/mol. The number of likely N-dealkylation sites (N-methyl/N-ethyl adjacent to an activating group) is 1. The van der Waals surface area contributed by atoms with Gasteiger partial charge in [0.1, 0.15) is 0 Å². The fourth-order valence-corrected chi connectivity index (χ4v) is 2.40. The minimum Gasteiger partial charge on any atom is -0.381 e. The number of aromatic nitrogens is 1. The first-order valence-electron chi connectivity index (χ1n) is 6.16. The van der Waals surface area contributed by atoms with Gasteiger partial charge in [-0.05, 0) is 32.0 Å². The summed E-state index contributed by atoms with van der Waals surface area (Å²) in [4.78, 5) is 6.70. The third-order valence-corrected chi connectivity index (χ3v) is 3.74. The van der Waals surface area contributed by atoms with Gasteiger partial charge >= 0.3 is 0 Å². The number of rotatable bonds is 4. The number of hydrogen-bond donors (Lipinski definition) is 1. The SMILES string of the molecule is CN(Cc1ccccn1)C1(CN)CCOCC1. The highest BCUT2D eigenvalue weighted by Gasteiger charge is 2.35. The fraction of sp³-hybridized carbons (Fsp3) is 0.615. The van der Waals surface area contributed by atoms with Crippen molar-refractivity contribution in [2.45, 2.75) is 24.9 Å². The van der Waals surface area contributed by atoms with Crippen LogP contribution in [0.25, 0.3) is 0 Å². The van der Waals surface area contributed by atoms with Crippen LogP contribution in [0.3, 0.4) is 0 Å². The zero-order valence-electron chi connectivity index (χ0n) is 10.4. The van der Waals surface area contributed by atoms with Crippen LogP contribution in [0, 0.1) is 0 Å². The first-order chi connectivity index (χ1) is 8.27. The Hall–Kier alpha value is -0.970. The predicted octanol–water partition coefficient (Wildman–Crippen LogP) is 1.02. The molecule has 0 spiro atoms. The second-order valence-electron chi connectivity index (χ2n) is 4.72. The lowest BCUT2D eigenvalue weighted by Gasteiger charge is -2.43. The molecule has 1 fully saturated rings. The Labute approximate surface area is 103 Å². The van der Waals surface area contributed by atoms with Crippen LogP contribution >= 0.6 is 0 Å². The zero-order chi connectivity index (χ0) is 12.1. The molecule has 1 aliphatic heterocycles. The maximum absolute atomic E-state index is 5.98. The monoisotopic (exact) mass is 235 g/mol. The molecule has 0 aromatic carbocycles. The normalized spacial score (nSPS) is 19.5. The topological polar surface area (TPSA) is 51.4 Å². The molecule has 0 aliphatic carbocycles. The van der Waals surface area contributed by atoms with Gasteiger partial charge in [-0.2, -0.15) is 0 Å². The van der Waals surface area contributed by atoms with E-state index < -0.39 is 0 Å². The van der Waals surface area contributed by atoms with Crippen LogP contribution in [0.2, 0.25) is 0 Å². The molecule has 2 N–H and O–H groups in total. The minimum atomic E-state index is 0.0791. The van der Waals surface area contributed by atoms with Crippen LogP contribution in [0.15, 0.2) is 24.4 Å². The third kappa shape index (κ3) is 2.83. The van der Waals surface area contributed by atoms with Crippen LogP contribution in [0.5, 0.6) is 0 Å². The first-order valence-corrected chi connectivity index (χ1v) is 6.16. The van der Waals surface area contributed by atoms with Gasteiger partial charge in [0.05, 0.1) is 5.69 Å². The highest BCUT2D eigenvalue weighted by molar-refractivity contribution is 5.05. The quantitative estimate of drug-likeness (QED) is 0.846. The molecule has 0 amide bonds. The van der Waals surface area contributed by atoms with E-state index in [1.165, 1.54) is 0 Å². The van der Waals surface area contributed by atoms with Gasteiger partial charge in [0, 0.05) is 38.0 Å². The summed E-state index contributed by atoms with van der Waals surface area (Å²) in [5.41, 5.74) is 7.15. The van der Waals surface area contributed by atoms with E-state index in [1.54, 1.807) is 0 Å². The second-order valence-corrected chi connectivity index (χ2v) is 4.72. The van der Waals surface area contributed by atoms with E-state index in [0.717, 1.165) is 38.3 Å². The standard InChI is InChI=1S/C13H21N3O/c1-16(10-12-4-2-3-7-15-12)13(11-14)5-8-17-9-6-13/h2-4,7H,5-6,8-11,14H2,1H3. The molecule has 4 nitrogen and oxygen atoms in total. The maximum Gasteiger partial charge on any atom is 0.0544 e. The van der Waals surface area contributed by atoms with Crippen LogP contribution in [0.4, 0.5) is 0 Å². The average molecular weight is 235 g/mol. The molecule has 17 heavy (non-hydrogen) atoms. The number of nitrogens with zero attached hydrogens (tertiary/aromatic N) is 2. The van der Waals surface area contributed by atoms with Gasteiger partial charge in [-0.1, -0.05) is 6.07 Å². The molecule has 2 heterocycles. The van der Waals surface area contributed by atoms with Crippen LogP contribution in [-0.2, 0) is 11.3 Å². The van der Waals surface area contributed by atoms with Crippen molar-refractivity contribution in [1.82, 2.24) is 9.88 Å². The minimum absolute atomic E-state index is 0.0791. The van der Waals surface area contributed by atoms with Gasteiger partial charge in [0.2, 0.25) is 0 Å².